The van der Waals surface area contributed by atoms with Crippen LogP contribution in [0.4, 0.5) is 5.69 Å². The highest BCUT2D eigenvalue weighted by Gasteiger charge is 2.31. The summed E-state index contributed by atoms with van der Waals surface area (Å²) in [5, 5.41) is 10.3. The summed E-state index contributed by atoms with van der Waals surface area (Å²) in [6, 6.07) is 5.99. The summed E-state index contributed by atoms with van der Waals surface area (Å²) in [6.45, 7) is 2.74. The number of carbonyl (C=O) groups excluding carboxylic acids is 1. The summed E-state index contributed by atoms with van der Waals surface area (Å²) >= 11 is 1.44. The molecule has 106 valence electrons. The normalized spacial score (nSPS) is 18.9. The number of anilines is 1. The molecule has 2 aromatic rings. The van der Waals surface area contributed by atoms with Gasteiger partial charge in [-0.2, -0.15) is 0 Å². The lowest BCUT2D eigenvalue weighted by Gasteiger charge is -2.22. The van der Waals surface area contributed by atoms with E-state index >= 15 is 0 Å². The van der Waals surface area contributed by atoms with Crippen LogP contribution in [0.1, 0.15) is 28.1 Å². The molecule has 0 saturated carbocycles. The number of nitrogens with two attached hydrogens (primary N) is 1. The zero-order valence-electron chi connectivity index (χ0n) is 11.4. The van der Waals surface area contributed by atoms with Crippen LogP contribution in [0.25, 0.3) is 10.1 Å². The van der Waals surface area contributed by atoms with Crippen molar-refractivity contribution in [1.29, 1.82) is 0 Å². The Hall–Kier alpha value is -1.59. The summed E-state index contributed by atoms with van der Waals surface area (Å²) in [5.41, 5.74) is 7.87. The average molecular weight is 290 g/mol. The summed E-state index contributed by atoms with van der Waals surface area (Å²) in [5.74, 6) is -0.0436. The molecule has 20 heavy (non-hydrogen) atoms. The topological polar surface area (TPSA) is 66.6 Å². The Morgan fingerprint density at radius 1 is 1.55 bits per heavy atom. The Kier molecular flexibility index (Phi) is 3.40. The Bertz CT molecular complexity index is 665. The molecule has 0 aliphatic carbocycles. The first kappa shape index (κ1) is 13.4. The predicted molar refractivity (Wildman–Crippen MR) is 82.1 cm³/mol. The number of hydrogen-bond acceptors (Lipinski definition) is 4. The lowest BCUT2D eigenvalue weighted by Crippen LogP contribution is -2.37. The van der Waals surface area contributed by atoms with Crippen molar-refractivity contribution >= 4 is 33.0 Å². The Morgan fingerprint density at radius 3 is 3.10 bits per heavy atom. The molecule has 1 aromatic carbocycles. The Morgan fingerprint density at radius 2 is 2.35 bits per heavy atom. The second-order valence-electron chi connectivity index (χ2n) is 5.32. The molecule has 3 rings (SSSR count). The van der Waals surface area contributed by atoms with E-state index in [1.165, 1.54) is 11.3 Å². The molecule has 1 aromatic heterocycles. The van der Waals surface area contributed by atoms with Gasteiger partial charge in [0.15, 0.2) is 0 Å². The third kappa shape index (κ3) is 2.07. The molecule has 1 aliphatic rings. The third-order valence-electron chi connectivity index (χ3n) is 3.92. The highest BCUT2D eigenvalue weighted by molar-refractivity contribution is 7.21. The minimum Gasteiger partial charge on any atom is -0.397 e. The lowest BCUT2D eigenvalue weighted by atomic mass is 10.1. The molecule has 1 atom stereocenters. The zero-order chi connectivity index (χ0) is 14.3. The van der Waals surface area contributed by atoms with Crippen LogP contribution in [0, 0.1) is 6.92 Å². The van der Waals surface area contributed by atoms with Gasteiger partial charge in [-0.15, -0.1) is 11.3 Å². The average Bonchev–Trinajstić information content (AvgIpc) is 3.03. The van der Waals surface area contributed by atoms with E-state index in [9.17, 15) is 9.90 Å². The number of fused-ring (bicyclic) bond motifs is 1. The van der Waals surface area contributed by atoms with Crippen molar-refractivity contribution in [3.8, 4) is 0 Å². The molecule has 0 radical (unpaired) electrons. The van der Waals surface area contributed by atoms with Crippen molar-refractivity contribution in [2.75, 3.05) is 18.9 Å². The van der Waals surface area contributed by atoms with Gasteiger partial charge in [0.2, 0.25) is 0 Å². The molecular formula is C15H18N2O2S. The van der Waals surface area contributed by atoms with Crippen molar-refractivity contribution in [3.63, 3.8) is 0 Å². The fourth-order valence-electron chi connectivity index (χ4n) is 2.81. The van der Waals surface area contributed by atoms with Crippen molar-refractivity contribution in [3.05, 3.63) is 28.6 Å². The minimum absolute atomic E-state index is 0.0235. The molecule has 3 N–H and O–H groups in total. The second kappa shape index (κ2) is 5.07. The van der Waals surface area contributed by atoms with Crippen molar-refractivity contribution < 1.29 is 9.90 Å². The van der Waals surface area contributed by atoms with E-state index in [0.717, 1.165) is 28.5 Å². The number of hydrogen-bond donors (Lipinski definition) is 2. The molecule has 1 saturated heterocycles. The number of aliphatic hydroxyl groups is 1. The first-order chi connectivity index (χ1) is 9.61. The number of thiophene rings is 1. The fourth-order valence-corrected chi connectivity index (χ4v) is 3.87. The van der Waals surface area contributed by atoms with Gasteiger partial charge in [-0.05, 0) is 31.9 Å². The molecule has 5 heteroatoms. The van der Waals surface area contributed by atoms with Crippen LogP contribution in [0.2, 0.25) is 0 Å². The van der Waals surface area contributed by atoms with Crippen molar-refractivity contribution in [2.24, 2.45) is 0 Å². The first-order valence-corrected chi connectivity index (χ1v) is 7.64. The smallest absolute Gasteiger partial charge is 0.266 e. The molecule has 1 unspecified atom stereocenters. The Balaban J connectivity index is 2.01. The predicted octanol–water partition coefficient (Wildman–Crippen LogP) is 2.39. The van der Waals surface area contributed by atoms with E-state index in [1.54, 1.807) is 4.90 Å². The van der Waals surface area contributed by atoms with E-state index in [-0.39, 0.29) is 18.6 Å². The molecule has 1 amide bonds. The van der Waals surface area contributed by atoms with Crippen LogP contribution < -0.4 is 5.73 Å². The monoisotopic (exact) mass is 290 g/mol. The quantitative estimate of drug-likeness (QED) is 0.892. The van der Waals surface area contributed by atoms with Gasteiger partial charge in [-0.3, -0.25) is 4.79 Å². The van der Waals surface area contributed by atoms with Crippen molar-refractivity contribution in [2.45, 2.75) is 25.8 Å². The largest absolute Gasteiger partial charge is 0.397 e. The number of likely N-dealkylation sites (tertiary alicyclic amines) is 1. The maximum Gasteiger partial charge on any atom is 0.266 e. The fraction of sp³-hybridized carbons (Fsp3) is 0.400. The standard InChI is InChI=1S/C15H18N2O2S/c1-9-4-5-12-11(7-9)13(16)14(20-12)15(19)17-6-2-3-10(17)8-18/h4-5,7,10,18H,2-3,6,8,16H2,1H3. The van der Waals surface area contributed by atoms with Crippen molar-refractivity contribution in [1.82, 2.24) is 4.90 Å². The maximum absolute atomic E-state index is 12.6. The molecular weight excluding hydrogens is 272 g/mol. The summed E-state index contributed by atoms with van der Waals surface area (Å²) in [6.07, 6.45) is 1.81. The van der Waals surface area contributed by atoms with Crippen LogP contribution in [-0.2, 0) is 0 Å². The van der Waals surface area contributed by atoms with Gasteiger partial charge in [0, 0.05) is 16.6 Å². The van der Waals surface area contributed by atoms with E-state index in [4.69, 9.17) is 5.73 Å². The van der Waals surface area contributed by atoms with Crippen LogP contribution in [-0.4, -0.2) is 35.1 Å². The molecule has 0 bridgehead atoms. The first-order valence-electron chi connectivity index (χ1n) is 6.82. The van der Waals surface area contributed by atoms with Crippen LogP contribution >= 0.6 is 11.3 Å². The van der Waals surface area contributed by atoms with Gasteiger partial charge in [0.25, 0.3) is 5.91 Å². The number of carbonyl (C=O) groups is 1. The number of aryl methyl sites for hydroxylation is 1. The maximum atomic E-state index is 12.6. The molecule has 2 heterocycles. The number of benzene rings is 1. The third-order valence-corrected chi connectivity index (χ3v) is 5.10. The lowest BCUT2D eigenvalue weighted by molar-refractivity contribution is 0.0683. The van der Waals surface area contributed by atoms with Gasteiger partial charge in [0.05, 0.1) is 18.3 Å². The molecule has 1 fully saturated rings. The van der Waals surface area contributed by atoms with Crippen LogP contribution in [0.5, 0.6) is 0 Å². The summed E-state index contributed by atoms with van der Waals surface area (Å²) in [7, 11) is 0. The highest BCUT2D eigenvalue weighted by atomic mass is 32.1. The number of aliphatic hydroxyl groups excluding tert-OH is 1. The van der Waals surface area contributed by atoms with E-state index in [2.05, 4.69) is 0 Å². The molecule has 0 spiro atoms. The van der Waals surface area contributed by atoms with Gasteiger partial charge in [-0.25, -0.2) is 0 Å². The van der Waals surface area contributed by atoms with Crippen LogP contribution in [0.3, 0.4) is 0 Å². The second-order valence-corrected chi connectivity index (χ2v) is 6.37. The number of rotatable bonds is 2. The SMILES string of the molecule is Cc1ccc2sc(C(=O)N3CCCC3CO)c(N)c2c1. The summed E-state index contributed by atoms with van der Waals surface area (Å²) in [4.78, 5) is 15.0. The highest BCUT2D eigenvalue weighted by Crippen LogP contribution is 2.36. The number of amides is 1. The number of nitrogen functional groups attached to an aromatic ring is 1. The zero-order valence-corrected chi connectivity index (χ0v) is 12.2. The van der Waals surface area contributed by atoms with E-state index in [0.29, 0.717) is 17.1 Å². The van der Waals surface area contributed by atoms with Gasteiger partial charge in [-0.1, -0.05) is 11.6 Å². The van der Waals surface area contributed by atoms with Crippen LogP contribution in [0.15, 0.2) is 18.2 Å². The Labute approximate surface area is 121 Å². The van der Waals surface area contributed by atoms with E-state index < -0.39 is 0 Å². The van der Waals surface area contributed by atoms with E-state index in [1.807, 2.05) is 25.1 Å². The number of nitrogens with zero attached hydrogens (tertiary/aromatic N) is 1. The van der Waals surface area contributed by atoms with Gasteiger partial charge in [0.1, 0.15) is 4.88 Å². The molecule has 4 nitrogen and oxygen atoms in total. The summed E-state index contributed by atoms with van der Waals surface area (Å²) < 4.78 is 1.04. The minimum atomic E-state index is -0.0613. The van der Waals surface area contributed by atoms with Gasteiger partial charge < -0.3 is 15.7 Å². The molecule has 1 aliphatic heterocycles. The van der Waals surface area contributed by atoms with Gasteiger partial charge >= 0.3 is 0 Å².